The van der Waals surface area contributed by atoms with Crippen LogP contribution in [0.3, 0.4) is 0 Å². The maximum Gasteiger partial charge on any atom is 0.140 e. The summed E-state index contributed by atoms with van der Waals surface area (Å²) in [4.78, 5) is -0.0183. The maximum absolute atomic E-state index is 13.6. The highest BCUT2D eigenvalue weighted by atomic mass is 32.1. The number of nitrogens with two attached hydrogens (primary N) is 1. The molecular formula is C14H12FNOS. The first-order valence-electron chi connectivity index (χ1n) is 5.41. The first-order valence-corrected chi connectivity index (χ1v) is 5.81. The van der Waals surface area contributed by atoms with Crippen molar-refractivity contribution in [1.29, 1.82) is 0 Å². The van der Waals surface area contributed by atoms with Crippen LogP contribution < -0.4 is 10.5 Å². The fourth-order valence-corrected chi connectivity index (χ4v) is 1.76. The number of hydrogen-bond donors (Lipinski definition) is 1. The Morgan fingerprint density at radius 3 is 2.44 bits per heavy atom. The van der Waals surface area contributed by atoms with Gasteiger partial charge >= 0.3 is 0 Å². The lowest BCUT2D eigenvalue weighted by Crippen LogP contribution is -2.13. The largest absolute Gasteiger partial charge is 0.457 e. The fourth-order valence-electron chi connectivity index (χ4n) is 1.56. The van der Waals surface area contributed by atoms with Crippen molar-refractivity contribution in [3.05, 3.63) is 59.4 Å². The summed E-state index contributed by atoms with van der Waals surface area (Å²) >= 11 is 4.83. The Labute approximate surface area is 110 Å². The van der Waals surface area contributed by atoms with Crippen molar-refractivity contribution >= 4 is 17.2 Å². The molecule has 2 rings (SSSR count). The number of halogens is 1. The van der Waals surface area contributed by atoms with Crippen LogP contribution in [-0.4, -0.2) is 4.99 Å². The van der Waals surface area contributed by atoms with Crippen molar-refractivity contribution in [3.63, 3.8) is 0 Å². The highest BCUT2D eigenvalue weighted by Crippen LogP contribution is 2.27. The van der Waals surface area contributed by atoms with Gasteiger partial charge in [-0.15, -0.1) is 0 Å². The summed E-state index contributed by atoms with van der Waals surface area (Å²) in [5, 5.41) is 0. The Kier molecular flexibility index (Phi) is 3.58. The van der Waals surface area contributed by atoms with E-state index in [1.807, 2.05) is 31.2 Å². The lowest BCUT2D eigenvalue weighted by atomic mass is 10.2. The van der Waals surface area contributed by atoms with Crippen molar-refractivity contribution in [2.45, 2.75) is 6.92 Å². The van der Waals surface area contributed by atoms with Gasteiger partial charge in [0, 0.05) is 0 Å². The molecule has 0 aromatic heterocycles. The van der Waals surface area contributed by atoms with Gasteiger partial charge in [-0.1, -0.05) is 36.0 Å². The van der Waals surface area contributed by atoms with Crippen LogP contribution >= 0.6 is 12.2 Å². The fraction of sp³-hybridized carbons (Fsp3) is 0.0714. The van der Waals surface area contributed by atoms with Crippen LogP contribution in [0, 0.1) is 12.7 Å². The van der Waals surface area contributed by atoms with Crippen LogP contribution in [0.15, 0.2) is 42.5 Å². The molecule has 0 aliphatic carbocycles. The van der Waals surface area contributed by atoms with Gasteiger partial charge in [-0.3, -0.25) is 0 Å². The highest BCUT2D eigenvalue weighted by Gasteiger charge is 2.12. The molecule has 2 N–H and O–H groups in total. The van der Waals surface area contributed by atoms with E-state index in [9.17, 15) is 4.39 Å². The summed E-state index contributed by atoms with van der Waals surface area (Å²) in [5.41, 5.74) is 6.76. The lowest BCUT2D eigenvalue weighted by Gasteiger charge is -2.11. The van der Waals surface area contributed by atoms with Gasteiger partial charge in [0.1, 0.15) is 22.3 Å². The summed E-state index contributed by atoms with van der Waals surface area (Å²) in [6, 6.07) is 11.9. The van der Waals surface area contributed by atoms with Gasteiger partial charge in [-0.2, -0.15) is 0 Å². The van der Waals surface area contributed by atoms with Crippen molar-refractivity contribution in [2.24, 2.45) is 5.73 Å². The first-order chi connectivity index (χ1) is 8.58. The standard InChI is InChI=1S/C14H12FNOS/c1-9-5-7-10(8-6-9)17-12-4-2-3-11(15)13(12)14(16)18/h2-8H,1H3,(H2,16,18). The molecule has 0 aliphatic rings. The summed E-state index contributed by atoms with van der Waals surface area (Å²) in [6.45, 7) is 1.98. The predicted octanol–water partition coefficient (Wildman–Crippen LogP) is 3.56. The number of aryl methyl sites for hydroxylation is 1. The lowest BCUT2D eigenvalue weighted by molar-refractivity contribution is 0.475. The average molecular weight is 261 g/mol. The summed E-state index contributed by atoms with van der Waals surface area (Å²) < 4.78 is 19.2. The molecule has 92 valence electrons. The van der Waals surface area contributed by atoms with E-state index in [2.05, 4.69) is 0 Å². The molecule has 0 radical (unpaired) electrons. The second-order valence-electron chi connectivity index (χ2n) is 3.89. The van der Waals surface area contributed by atoms with Crippen LogP contribution in [0.1, 0.15) is 11.1 Å². The summed E-state index contributed by atoms with van der Waals surface area (Å²) in [6.07, 6.45) is 0. The number of thiocarbonyl (C=S) groups is 1. The first kappa shape index (κ1) is 12.5. The summed E-state index contributed by atoms with van der Waals surface area (Å²) in [7, 11) is 0. The van der Waals surface area contributed by atoms with Gasteiger partial charge in [0.15, 0.2) is 0 Å². The van der Waals surface area contributed by atoms with Crippen molar-refractivity contribution in [2.75, 3.05) is 0 Å². The van der Waals surface area contributed by atoms with Gasteiger partial charge < -0.3 is 10.5 Å². The minimum atomic E-state index is -0.480. The molecule has 18 heavy (non-hydrogen) atoms. The molecule has 2 aromatic carbocycles. The average Bonchev–Trinajstić information content (AvgIpc) is 2.32. The van der Waals surface area contributed by atoms with Gasteiger partial charge in [-0.25, -0.2) is 4.39 Å². The van der Waals surface area contributed by atoms with Crippen LogP contribution in [0.2, 0.25) is 0 Å². The Morgan fingerprint density at radius 1 is 1.17 bits per heavy atom. The molecule has 0 atom stereocenters. The van der Waals surface area contributed by atoms with E-state index in [1.54, 1.807) is 12.1 Å². The predicted molar refractivity (Wildman–Crippen MR) is 73.5 cm³/mol. The molecule has 2 nitrogen and oxygen atoms in total. The minimum Gasteiger partial charge on any atom is -0.457 e. The molecule has 0 spiro atoms. The van der Waals surface area contributed by atoms with Crippen LogP contribution in [-0.2, 0) is 0 Å². The van der Waals surface area contributed by atoms with Crippen LogP contribution in [0.4, 0.5) is 4.39 Å². The van der Waals surface area contributed by atoms with E-state index in [-0.39, 0.29) is 10.6 Å². The molecule has 0 unspecified atom stereocenters. The SMILES string of the molecule is Cc1ccc(Oc2cccc(F)c2C(N)=S)cc1. The molecule has 0 amide bonds. The molecule has 0 saturated heterocycles. The van der Waals surface area contributed by atoms with Crippen molar-refractivity contribution < 1.29 is 9.13 Å². The monoisotopic (exact) mass is 261 g/mol. The molecule has 0 fully saturated rings. The van der Waals surface area contributed by atoms with Gasteiger partial charge in [-0.05, 0) is 31.2 Å². The molecular weight excluding hydrogens is 249 g/mol. The van der Waals surface area contributed by atoms with Crippen LogP contribution in [0.5, 0.6) is 11.5 Å². The Balaban J connectivity index is 2.37. The zero-order valence-electron chi connectivity index (χ0n) is 9.81. The number of ether oxygens (including phenoxy) is 1. The van der Waals surface area contributed by atoms with Gasteiger partial charge in [0.25, 0.3) is 0 Å². The van der Waals surface area contributed by atoms with E-state index in [4.69, 9.17) is 22.7 Å². The third-order valence-electron chi connectivity index (χ3n) is 2.47. The summed E-state index contributed by atoms with van der Waals surface area (Å²) in [5.74, 6) is 0.460. The normalized spacial score (nSPS) is 10.1. The molecule has 4 heteroatoms. The zero-order valence-corrected chi connectivity index (χ0v) is 10.6. The van der Waals surface area contributed by atoms with E-state index < -0.39 is 5.82 Å². The van der Waals surface area contributed by atoms with E-state index >= 15 is 0 Å². The van der Waals surface area contributed by atoms with Gasteiger partial charge in [0.05, 0.1) is 5.56 Å². The minimum absolute atomic E-state index is 0.0183. The van der Waals surface area contributed by atoms with Crippen LogP contribution in [0.25, 0.3) is 0 Å². The van der Waals surface area contributed by atoms with E-state index in [1.165, 1.54) is 6.07 Å². The molecule has 0 heterocycles. The smallest absolute Gasteiger partial charge is 0.140 e. The number of hydrogen-bond acceptors (Lipinski definition) is 2. The zero-order chi connectivity index (χ0) is 13.1. The quantitative estimate of drug-likeness (QED) is 0.858. The molecule has 2 aromatic rings. The third-order valence-corrected chi connectivity index (χ3v) is 2.67. The van der Waals surface area contributed by atoms with E-state index in [0.29, 0.717) is 11.5 Å². The Bertz CT molecular complexity index is 581. The second kappa shape index (κ2) is 5.14. The second-order valence-corrected chi connectivity index (χ2v) is 4.33. The van der Waals surface area contributed by atoms with Crippen molar-refractivity contribution in [1.82, 2.24) is 0 Å². The third kappa shape index (κ3) is 2.65. The Morgan fingerprint density at radius 2 is 1.83 bits per heavy atom. The molecule has 0 bridgehead atoms. The molecule has 0 aliphatic heterocycles. The molecule has 0 saturated carbocycles. The van der Waals surface area contributed by atoms with E-state index in [0.717, 1.165) is 5.56 Å². The topological polar surface area (TPSA) is 35.2 Å². The highest BCUT2D eigenvalue weighted by molar-refractivity contribution is 7.80. The number of rotatable bonds is 3. The maximum atomic E-state index is 13.6. The number of benzene rings is 2. The van der Waals surface area contributed by atoms with Crippen molar-refractivity contribution in [3.8, 4) is 11.5 Å². The van der Waals surface area contributed by atoms with Gasteiger partial charge in [0.2, 0.25) is 0 Å². The Hall–Kier alpha value is -1.94.